The van der Waals surface area contributed by atoms with Gasteiger partial charge in [0.25, 0.3) is 0 Å². The first-order chi connectivity index (χ1) is 9.29. The maximum absolute atomic E-state index is 6.23. The number of benzene rings is 1. The van der Waals surface area contributed by atoms with Crippen LogP contribution < -0.4 is 0 Å². The van der Waals surface area contributed by atoms with Crippen LogP contribution in [0.3, 0.4) is 0 Å². The molecule has 0 unspecified atom stereocenters. The number of fused-ring (bicyclic) bond motifs is 1. The lowest BCUT2D eigenvalue weighted by Gasteiger charge is -2.15. The summed E-state index contributed by atoms with van der Waals surface area (Å²) in [5, 5.41) is 6.18. The molecule has 0 amide bonds. The zero-order valence-corrected chi connectivity index (χ0v) is 17.2. The molecule has 0 bridgehead atoms. The first kappa shape index (κ1) is 16.7. The maximum Gasteiger partial charge on any atom is 0.139 e. The highest BCUT2D eigenvalue weighted by atomic mass is 127. The van der Waals surface area contributed by atoms with Gasteiger partial charge in [0.15, 0.2) is 0 Å². The second-order valence-electron chi connectivity index (χ2n) is 5.91. The second-order valence-corrected chi connectivity index (χ2v) is 13.8. The van der Waals surface area contributed by atoms with Crippen molar-refractivity contribution >= 4 is 69.1 Å². The van der Waals surface area contributed by atoms with Crippen LogP contribution in [0.15, 0.2) is 16.7 Å². The summed E-state index contributed by atoms with van der Waals surface area (Å²) in [6, 6.07) is 3.10. The highest BCUT2D eigenvalue weighted by molar-refractivity contribution is 14.1. The van der Waals surface area contributed by atoms with Gasteiger partial charge in [-0.3, -0.25) is 0 Å². The minimum absolute atomic E-state index is 0.470. The predicted molar refractivity (Wildman–Crippen MR) is 99.3 cm³/mol. The van der Waals surface area contributed by atoms with Crippen molar-refractivity contribution in [2.24, 2.45) is 0 Å². The SMILES string of the molecule is C[Si](C)(C)CCOCn1ncc2c(Br)c(I)c(Cl)cc21. The van der Waals surface area contributed by atoms with E-state index in [1.165, 1.54) is 0 Å². The molecular weight excluding hydrogens is 471 g/mol. The normalized spacial score (nSPS) is 12.3. The Kier molecular flexibility index (Phi) is 5.56. The van der Waals surface area contributed by atoms with Crippen molar-refractivity contribution in [1.82, 2.24) is 9.78 Å². The Bertz CT molecular complexity index is 627. The molecule has 0 aliphatic heterocycles. The zero-order valence-electron chi connectivity index (χ0n) is 11.7. The highest BCUT2D eigenvalue weighted by Crippen LogP contribution is 2.34. The Balaban J connectivity index is 2.12. The van der Waals surface area contributed by atoms with Crippen molar-refractivity contribution in [3.8, 4) is 0 Å². The van der Waals surface area contributed by atoms with Crippen molar-refractivity contribution in [3.63, 3.8) is 0 Å². The van der Waals surface area contributed by atoms with Crippen LogP contribution in [0.25, 0.3) is 10.9 Å². The topological polar surface area (TPSA) is 27.1 Å². The van der Waals surface area contributed by atoms with Crippen LogP contribution in [0.1, 0.15) is 0 Å². The fraction of sp³-hybridized carbons (Fsp3) is 0.462. The molecule has 0 radical (unpaired) electrons. The number of ether oxygens (including phenoxy) is 1. The monoisotopic (exact) mass is 486 g/mol. The molecule has 0 aliphatic carbocycles. The summed E-state index contributed by atoms with van der Waals surface area (Å²) in [4.78, 5) is 0. The smallest absolute Gasteiger partial charge is 0.139 e. The van der Waals surface area contributed by atoms with Crippen LogP contribution in [0.5, 0.6) is 0 Å². The molecule has 0 aliphatic rings. The van der Waals surface area contributed by atoms with Gasteiger partial charge in [-0.15, -0.1) is 0 Å². The minimum Gasteiger partial charge on any atom is -0.360 e. The number of hydrogen-bond donors (Lipinski definition) is 0. The molecule has 7 heteroatoms. The lowest BCUT2D eigenvalue weighted by molar-refractivity contribution is 0.0817. The Labute approximate surface area is 147 Å². The molecule has 20 heavy (non-hydrogen) atoms. The van der Waals surface area contributed by atoms with E-state index in [0.717, 1.165) is 36.6 Å². The molecule has 2 rings (SSSR count). The third-order valence-electron chi connectivity index (χ3n) is 2.99. The van der Waals surface area contributed by atoms with Gasteiger partial charge in [-0.25, -0.2) is 4.68 Å². The van der Waals surface area contributed by atoms with Crippen LogP contribution in [-0.2, 0) is 11.5 Å². The average Bonchev–Trinajstić information content (AvgIpc) is 2.74. The summed E-state index contributed by atoms with van der Waals surface area (Å²) >= 11 is 12.0. The quantitative estimate of drug-likeness (QED) is 0.245. The molecule has 2 aromatic rings. The van der Waals surface area contributed by atoms with Gasteiger partial charge < -0.3 is 4.74 Å². The molecule has 1 aromatic carbocycles. The van der Waals surface area contributed by atoms with Gasteiger partial charge in [0.1, 0.15) is 6.73 Å². The fourth-order valence-corrected chi connectivity index (χ4v) is 3.79. The standard InChI is InChI=1S/C13H17BrClIN2OSi/c1-20(2,3)5-4-19-8-18-11-6-10(15)13(16)12(14)9(11)7-17-18/h6-7H,4-5,8H2,1-3H3. The van der Waals surface area contributed by atoms with E-state index < -0.39 is 8.07 Å². The van der Waals surface area contributed by atoms with E-state index in [4.69, 9.17) is 16.3 Å². The number of nitrogens with zero attached hydrogens (tertiary/aromatic N) is 2. The Morgan fingerprint density at radius 3 is 2.80 bits per heavy atom. The molecule has 0 saturated carbocycles. The Morgan fingerprint density at radius 1 is 1.45 bits per heavy atom. The van der Waals surface area contributed by atoms with Gasteiger partial charge in [0.2, 0.25) is 0 Å². The first-order valence-corrected chi connectivity index (χ1v) is 12.3. The number of halogens is 3. The largest absolute Gasteiger partial charge is 0.360 e. The Morgan fingerprint density at radius 2 is 2.15 bits per heavy atom. The summed E-state index contributed by atoms with van der Waals surface area (Å²) in [5.41, 5.74) is 0.996. The van der Waals surface area contributed by atoms with E-state index in [1.54, 1.807) is 0 Å². The lowest BCUT2D eigenvalue weighted by atomic mass is 10.2. The maximum atomic E-state index is 6.23. The number of rotatable bonds is 5. The minimum atomic E-state index is -1.04. The molecular formula is C13H17BrClIN2OSi. The van der Waals surface area contributed by atoms with Crippen LogP contribution in [0.2, 0.25) is 30.7 Å². The van der Waals surface area contributed by atoms with Gasteiger partial charge in [0.05, 0.1) is 16.7 Å². The van der Waals surface area contributed by atoms with Crippen LogP contribution >= 0.6 is 50.1 Å². The Hall–Kier alpha value is 0.367. The molecule has 110 valence electrons. The van der Waals surface area contributed by atoms with E-state index in [-0.39, 0.29) is 0 Å². The zero-order chi connectivity index (χ0) is 14.9. The van der Waals surface area contributed by atoms with Gasteiger partial charge in [0, 0.05) is 28.1 Å². The molecule has 1 heterocycles. The average molecular weight is 488 g/mol. The molecule has 0 fully saturated rings. The summed E-state index contributed by atoms with van der Waals surface area (Å²) in [5.74, 6) is 0. The molecule has 3 nitrogen and oxygen atoms in total. The number of hydrogen-bond acceptors (Lipinski definition) is 2. The third kappa shape index (κ3) is 3.97. The van der Waals surface area contributed by atoms with E-state index in [1.807, 2.05) is 16.9 Å². The van der Waals surface area contributed by atoms with Crippen LogP contribution in [-0.4, -0.2) is 24.5 Å². The second kappa shape index (κ2) is 6.64. The molecule has 0 saturated heterocycles. The van der Waals surface area contributed by atoms with Crippen molar-refractivity contribution < 1.29 is 4.74 Å². The lowest BCUT2D eigenvalue weighted by Crippen LogP contribution is -2.22. The van der Waals surface area contributed by atoms with E-state index >= 15 is 0 Å². The van der Waals surface area contributed by atoms with E-state index in [2.05, 4.69) is 63.3 Å². The fourth-order valence-electron chi connectivity index (χ4n) is 1.75. The van der Waals surface area contributed by atoms with Gasteiger partial charge in [-0.1, -0.05) is 31.2 Å². The highest BCUT2D eigenvalue weighted by Gasteiger charge is 2.14. The summed E-state index contributed by atoms with van der Waals surface area (Å²) in [6.45, 7) is 8.29. The molecule has 0 spiro atoms. The van der Waals surface area contributed by atoms with Gasteiger partial charge >= 0.3 is 0 Å². The van der Waals surface area contributed by atoms with Crippen molar-refractivity contribution in [2.45, 2.75) is 32.4 Å². The molecule has 0 atom stereocenters. The number of aromatic nitrogens is 2. The third-order valence-corrected chi connectivity index (χ3v) is 8.00. The van der Waals surface area contributed by atoms with Crippen LogP contribution in [0, 0.1) is 3.57 Å². The summed E-state index contributed by atoms with van der Waals surface area (Å²) < 4.78 is 9.61. The van der Waals surface area contributed by atoms with Gasteiger partial charge in [-0.2, -0.15) is 5.10 Å². The molecule has 1 aromatic heterocycles. The first-order valence-electron chi connectivity index (χ1n) is 6.36. The van der Waals surface area contributed by atoms with Crippen molar-refractivity contribution in [2.75, 3.05) is 6.61 Å². The van der Waals surface area contributed by atoms with Crippen molar-refractivity contribution in [1.29, 1.82) is 0 Å². The van der Waals surface area contributed by atoms with E-state index in [0.29, 0.717) is 6.73 Å². The van der Waals surface area contributed by atoms with Gasteiger partial charge in [-0.05, 0) is 50.6 Å². The van der Waals surface area contributed by atoms with E-state index in [9.17, 15) is 0 Å². The summed E-state index contributed by atoms with van der Waals surface area (Å²) in [7, 11) is -1.04. The van der Waals surface area contributed by atoms with Crippen LogP contribution in [0.4, 0.5) is 0 Å². The van der Waals surface area contributed by atoms with Crippen molar-refractivity contribution in [3.05, 3.63) is 25.3 Å². The summed E-state index contributed by atoms with van der Waals surface area (Å²) in [6.07, 6.45) is 1.85. The predicted octanol–water partition coefficient (Wildman–Crippen LogP) is 5.37. The molecule has 0 N–H and O–H groups in total.